The first kappa shape index (κ1) is 31.5. The number of benzene rings is 2. The number of ketones is 1. The summed E-state index contributed by atoms with van der Waals surface area (Å²) in [6, 6.07) is 8.29. The van der Waals surface area contributed by atoms with E-state index in [0.29, 0.717) is 5.56 Å². The number of aliphatic carboxylic acids is 1. The predicted molar refractivity (Wildman–Crippen MR) is 140 cm³/mol. The summed E-state index contributed by atoms with van der Waals surface area (Å²) in [7, 11) is 0. The molecule has 0 aliphatic carbocycles. The van der Waals surface area contributed by atoms with Gasteiger partial charge in [-0.05, 0) is 24.1 Å². The molecule has 10 nitrogen and oxygen atoms in total. The van der Waals surface area contributed by atoms with E-state index in [1.807, 2.05) is 0 Å². The van der Waals surface area contributed by atoms with Gasteiger partial charge in [0.1, 0.15) is 24.4 Å². The van der Waals surface area contributed by atoms with Gasteiger partial charge in [0.2, 0.25) is 23.4 Å². The van der Waals surface area contributed by atoms with E-state index >= 15 is 0 Å². The molecule has 0 bridgehead atoms. The van der Waals surface area contributed by atoms with Crippen LogP contribution in [0.2, 0.25) is 0 Å². The van der Waals surface area contributed by atoms with E-state index in [0.717, 1.165) is 4.57 Å². The highest BCUT2D eigenvalue weighted by molar-refractivity contribution is 5.94. The number of halogens is 4. The molecule has 2 amide bonds. The third kappa shape index (κ3) is 7.80. The Morgan fingerprint density at radius 2 is 1.62 bits per heavy atom. The Hall–Kier alpha value is -5.01. The number of hydrogen-bond donors (Lipinski definition) is 3. The van der Waals surface area contributed by atoms with Gasteiger partial charge in [0.05, 0.1) is 12.8 Å². The van der Waals surface area contributed by atoms with Crippen molar-refractivity contribution in [1.82, 2.24) is 9.88 Å². The van der Waals surface area contributed by atoms with E-state index in [2.05, 4.69) is 15.4 Å². The molecule has 2 atom stereocenters. The number of pyridine rings is 1. The molecular weight excluding hydrogens is 566 g/mol. The number of carboxylic acid groups (broad SMARTS) is 1. The molecule has 222 valence electrons. The lowest BCUT2D eigenvalue weighted by atomic mass is 10.1. The van der Waals surface area contributed by atoms with Crippen LogP contribution in [-0.2, 0) is 25.6 Å². The van der Waals surface area contributed by atoms with Crippen LogP contribution in [-0.4, -0.2) is 45.9 Å². The van der Waals surface area contributed by atoms with Gasteiger partial charge in [-0.15, -0.1) is 0 Å². The van der Waals surface area contributed by atoms with Gasteiger partial charge in [-0.3, -0.25) is 24.0 Å². The van der Waals surface area contributed by atoms with Crippen molar-refractivity contribution in [2.45, 2.75) is 38.3 Å². The van der Waals surface area contributed by atoms with Crippen LogP contribution < -0.4 is 20.9 Å². The third-order valence-electron chi connectivity index (χ3n) is 6.00. The maximum Gasteiger partial charge on any atom is 0.305 e. The molecule has 42 heavy (non-hydrogen) atoms. The van der Waals surface area contributed by atoms with Gasteiger partial charge in [-0.25, -0.2) is 8.78 Å². The number of aromatic nitrogens is 1. The van der Waals surface area contributed by atoms with Crippen LogP contribution in [0.25, 0.3) is 0 Å². The Morgan fingerprint density at radius 1 is 0.976 bits per heavy atom. The molecule has 1 aromatic heterocycles. The average molecular weight is 592 g/mol. The van der Waals surface area contributed by atoms with Crippen molar-refractivity contribution < 1.29 is 46.6 Å². The summed E-state index contributed by atoms with van der Waals surface area (Å²) in [6.07, 6.45) is 0.224. The van der Waals surface area contributed by atoms with E-state index in [1.165, 1.54) is 25.3 Å². The molecule has 0 aliphatic rings. The third-order valence-corrected chi connectivity index (χ3v) is 6.00. The number of carbonyl (C=O) groups excluding carboxylic acids is 3. The van der Waals surface area contributed by atoms with E-state index in [1.54, 1.807) is 30.3 Å². The fourth-order valence-corrected chi connectivity index (χ4v) is 3.94. The zero-order chi connectivity index (χ0) is 31.0. The second-order valence-electron chi connectivity index (χ2n) is 8.98. The summed E-state index contributed by atoms with van der Waals surface area (Å²) in [5.41, 5.74) is -0.199. The summed E-state index contributed by atoms with van der Waals surface area (Å²) >= 11 is 0. The van der Waals surface area contributed by atoms with Gasteiger partial charge in [0.15, 0.2) is 23.2 Å². The van der Waals surface area contributed by atoms with E-state index in [9.17, 15) is 46.6 Å². The van der Waals surface area contributed by atoms with Crippen molar-refractivity contribution in [3.05, 3.63) is 93.9 Å². The summed E-state index contributed by atoms with van der Waals surface area (Å²) in [5.74, 6) is -13.2. The molecule has 1 unspecified atom stereocenters. The fraction of sp³-hybridized carbons (Fsp3) is 0.250. The van der Waals surface area contributed by atoms with Crippen molar-refractivity contribution in [2.75, 3.05) is 11.9 Å². The summed E-state index contributed by atoms with van der Waals surface area (Å²) in [4.78, 5) is 62.7. The molecule has 3 rings (SSSR count). The number of carboxylic acids is 1. The zero-order valence-corrected chi connectivity index (χ0v) is 22.0. The van der Waals surface area contributed by atoms with E-state index < -0.39 is 83.3 Å². The Balaban J connectivity index is 1.76. The van der Waals surface area contributed by atoms with Crippen LogP contribution in [0.3, 0.4) is 0 Å². The molecule has 14 heteroatoms. The summed E-state index contributed by atoms with van der Waals surface area (Å²) < 4.78 is 60.2. The Bertz CT molecular complexity index is 1520. The highest BCUT2D eigenvalue weighted by atomic mass is 19.2. The second-order valence-corrected chi connectivity index (χ2v) is 8.98. The zero-order valence-electron chi connectivity index (χ0n) is 22.0. The standard InChI is InChI=1S/C28H25F4N3O7/c1-2-20(35-10-6-9-18(28(35)41)33-22(37)11-15-7-4-3-5-8-15)27(40)34-19(13-23(38)39)21(36)14-42-26-24(31)16(29)12-17(30)25(26)32/h3-10,12,19-20H,2,11,13-14H2,1H3,(H,33,37)(H,34,40)(H,38,39)/t19?,20-/m1/s1. The van der Waals surface area contributed by atoms with Gasteiger partial charge in [-0.1, -0.05) is 37.3 Å². The molecule has 1 heterocycles. The molecule has 0 fully saturated rings. The Morgan fingerprint density at radius 3 is 2.21 bits per heavy atom. The number of rotatable bonds is 13. The van der Waals surface area contributed by atoms with Crippen molar-refractivity contribution in [3.63, 3.8) is 0 Å². The summed E-state index contributed by atoms with van der Waals surface area (Å²) in [5, 5.41) is 13.9. The number of nitrogens with one attached hydrogen (secondary N) is 2. The first-order chi connectivity index (χ1) is 19.9. The lowest BCUT2D eigenvalue weighted by Gasteiger charge is -2.22. The van der Waals surface area contributed by atoms with E-state index in [-0.39, 0.29) is 24.6 Å². The molecule has 2 aromatic carbocycles. The molecule has 0 saturated heterocycles. The quantitative estimate of drug-likeness (QED) is 0.205. The molecule has 0 spiro atoms. The number of amides is 2. The molecule has 0 radical (unpaired) electrons. The topological polar surface area (TPSA) is 144 Å². The minimum absolute atomic E-state index is 0.0172. The maximum absolute atomic E-state index is 13.9. The van der Waals surface area contributed by atoms with Crippen molar-refractivity contribution >= 4 is 29.3 Å². The minimum Gasteiger partial charge on any atom is -0.481 e. The molecule has 3 N–H and O–H groups in total. The van der Waals surface area contributed by atoms with Crippen LogP contribution in [0.4, 0.5) is 23.2 Å². The number of anilines is 1. The fourth-order valence-electron chi connectivity index (χ4n) is 3.94. The first-order valence-electron chi connectivity index (χ1n) is 12.5. The van der Waals surface area contributed by atoms with E-state index in [4.69, 9.17) is 0 Å². The molecule has 3 aromatic rings. The van der Waals surface area contributed by atoms with Gasteiger partial charge < -0.3 is 25.0 Å². The monoisotopic (exact) mass is 591 g/mol. The lowest BCUT2D eigenvalue weighted by Crippen LogP contribution is -2.48. The van der Waals surface area contributed by atoms with Gasteiger partial charge in [0.25, 0.3) is 5.56 Å². The van der Waals surface area contributed by atoms with Crippen LogP contribution in [0, 0.1) is 23.3 Å². The number of carbonyl (C=O) groups is 4. The first-order valence-corrected chi connectivity index (χ1v) is 12.5. The van der Waals surface area contributed by atoms with Crippen molar-refractivity contribution in [2.24, 2.45) is 0 Å². The number of nitrogens with zero attached hydrogens (tertiary/aromatic N) is 1. The largest absolute Gasteiger partial charge is 0.481 e. The molecule has 0 saturated carbocycles. The smallest absolute Gasteiger partial charge is 0.305 e. The maximum atomic E-state index is 13.9. The van der Waals surface area contributed by atoms with Crippen LogP contribution in [0.5, 0.6) is 5.75 Å². The normalized spacial score (nSPS) is 12.2. The second kappa shape index (κ2) is 14.1. The Labute approximate surface area is 235 Å². The van der Waals surface area contributed by atoms with Crippen molar-refractivity contribution in [3.8, 4) is 5.75 Å². The van der Waals surface area contributed by atoms with Gasteiger partial charge in [-0.2, -0.15) is 8.78 Å². The Kier molecular flexibility index (Phi) is 10.5. The van der Waals surface area contributed by atoms with Crippen LogP contribution in [0.1, 0.15) is 31.4 Å². The molecular formula is C28H25F4N3O7. The minimum atomic E-state index is -1.92. The SMILES string of the molecule is CC[C@H](C(=O)NC(CC(=O)O)C(=O)COc1c(F)c(F)cc(F)c1F)n1cccc(NC(=O)Cc2ccccc2)c1=O. The van der Waals surface area contributed by atoms with Crippen molar-refractivity contribution in [1.29, 1.82) is 0 Å². The predicted octanol–water partition coefficient (Wildman–Crippen LogP) is 3.14. The lowest BCUT2D eigenvalue weighted by molar-refractivity contribution is -0.140. The highest BCUT2D eigenvalue weighted by Gasteiger charge is 2.30. The number of hydrogen-bond acceptors (Lipinski definition) is 6. The summed E-state index contributed by atoms with van der Waals surface area (Å²) in [6.45, 7) is 0.271. The highest BCUT2D eigenvalue weighted by Crippen LogP contribution is 2.26. The van der Waals surface area contributed by atoms with Gasteiger partial charge in [0, 0.05) is 12.3 Å². The average Bonchev–Trinajstić information content (AvgIpc) is 2.94. The molecule has 0 aliphatic heterocycles. The van der Waals surface area contributed by atoms with Gasteiger partial charge >= 0.3 is 5.97 Å². The number of ether oxygens (including phenoxy) is 1. The number of Topliss-reactive ketones (excluding diaryl/α,β-unsaturated/α-hetero) is 1. The van der Waals surface area contributed by atoms with Crippen LogP contribution in [0.15, 0.2) is 59.5 Å². The van der Waals surface area contributed by atoms with Crippen LogP contribution >= 0.6 is 0 Å².